The topological polar surface area (TPSA) is 55.8 Å². The minimum absolute atomic E-state index is 0.0581. The van der Waals surface area contributed by atoms with Crippen LogP contribution in [-0.4, -0.2) is 18.1 Å². The van der Waals surface area contributed by atoms with E-state index in [2.05, 4.69) is 104 Å². The predicted octanol–water partition coefficient (Wildman–Crippen LogP) is 11.1. The van der Waals surface area contributed by atoms with Crippen LogP contribution in [0.3, 0.4) is 0 Å². The van der Waals surface area contributed by atoms with Crippen molar-refractivity contribution in [1.82, 2.24) is 0 Å². The van der Waals surface area contributed by atoms with Crippen molar-refractivity contribution in [3.63, 3.8) is 0 Å². The molecule has 0 amide bonds. The highest BCUT2D eigenvalue weighted by atomic mass is 31.2. The van der Waals surface area contributed by atoms with Gasteiger partial charge < -0.3 is 4.89 Å². The molecule has 4 atom stereocenters. The van der Waals surface area contributed by atoms with Crippen LogP contribution in [0, 0.1) is 11.8 Å². The maximum atomic E-state index is 12.8. The summed E-state index contributed by atoms with van der Waals surface area (Å²) in [5.74, 6) is 1.17. The summed E-state index contributed by atoms with van der Waals surface area (Å²) in [6.07, 6.45) is 9.76. The van der Waals surface area contributed by atoms with Gasteiger partial charge in [-0.3, -0.25) is 9.05 Å². The lowest BCUT2D eigenvalue weighted by atomic mass is 9.73. The molecule has 2 aromatic rings. The highest BCUT2D eigenvalue weighted by Crippen LogP contribution is 2.49. The average Bonchev–Trinajstić information content (AvgIpc) is 2.93. The number of benzene rings is 2. The summed E-state index contributed by atoms with van der Waals surface area (Å²) in [6, 6.07) is 17.8. The molecule has 0 bridgehead atoms. The smallest absolute Gasteiger partial charge is 0.302 e. The van der Waals surface area contributed by atoms with E-state index in [9.17, 15) is 9.46 Å². The number of phosphoric acid groups is 1. The second kappa shape index (κ2) is 15.5. The molecule has 5 heteroatoms. The van der Waals surface area contributed by atoms with E-state index in [0.717, 1.165) is 44.9 Å². The van der Waals surface area contributed by atoms with E-state index in [-0.39, 0.29) is 35.9 Å². The maximum absolute atomic E-state index is 12.8. The molecule has 0 saturated carbocycles. The molecule has 0 spiro atoms. The fourth-order valence-electron chi connectivity index (χ4n) is 6.95. The van der Waals surface area contributed by atoms with Gasteiger partial charge in [0.05, 0.1) is 13.2 Å². The van der Waals surface area contributed by atoms with Gasteiger partial charge in [-0.2, -0.15) is 0 Å². The Morgan fingerprint density at radius 2 is 1.12 bits per heavy atom. The number of rotatable bonds is 12. The zero-order valence-electron chi connectivity index (χ0n) is 27.8. The lowest BCUT2D eigenvalue weighted by Gasteiger charge is -2.34. The molecule has 3 rings (SSSR count). The van der Waals surface area contributed by atoms with Gasteiger partial charge in [-0.05, 0) is 88.9 Å². The Bertz CT molecular complexity index is 1060. The van der Waals surface area contributed by atoms with E-state index >= 15 is 0 Å². The Hall–Kier alpha value is -1.45. The largest absolute Gasteiger partial charge is 0.472 e. The van der Waals surface area contributed by atoms with E-state index in [1.807, 2.05) is 0 Å². The summed E-state index contributed by atoms with van der Waals surface area (Å²) in [7, 11) is -4.08. The number of unbranched alkanes of at least 4 members (excludes halogenated alkanes) is 2. The van der Waals surface area contributed by atoms with Gasteiger partial charge in [-0.15, -0.1) is 0 Å². The van der Waals surface area contributed by atoms with E-state index < -0.39 is 7.82 Å². The van der Waals surface area contributed by atoms with E-state index in [4.69, 9.17) is 9.05 Å². The molecule has 1 aliphatic rings. The van der Waals surface area contributed by atoms with Gasteiger partial charge in [-0.1, -0.05) is 130 Å². The first-order valence-corrected chi connectivity index (χ1v) is 18.0. The molecule has 42 heavy (non-hydrogen) atoms. The molecule has 1 aliphatic heterocycles. The minimum Gasteiger partial charge on any atom is -0.302 e. The fourth-order valence-corrected chi connectivity index (χ4v) is 7.82. The molecule has 2 aromatic carbocycles. The first kappa shape index (κ1) is 35.0. The minimum atomic E-state index is -4.08. The average molecular weight is 599 g/mol. The van der Waals surface area contributed by atoms with Crippen molar-refractivity contribution in [2.24, 2.45) is 11.8 Å². The second-order valence-electron chi connectivity index (χ2n) is 14.9. The van der Waals surface area contributed by atoms with E-state index in [1.54, 1.807) is 0 Å². The van der Waals surface area contributed by atoms with Gasteiger partial charge in [0.15, 0.2) is 0 Å². The van der Waals surface area contributed by atoms with Crippen LogP contribution in [0.15, 0.2) is 48.5 Å². The van der Waals surface area contributed by atoms with Gasteiger partial charge in [0, 0.05) is 0 Å². The van der Waals surface area contributed by atoms with Crippen molar-refractivity contribution < 1.29 is 18.5 Å². The lowest BCUT2D eigenvalue weighted by molar-refractivity contribution is 0.0690. The highest BCUT2D eigenvalue weighted by molar-refractivity contribution is 7.47. The molecule has 1 N–H and O–H groups in total. The van der Waals surface area contributed by atoms with Crippen LogP contribution in [0.25, 0.3) is 0 Å². The van der Waals surface area contributed by atoms with Gasteiger partial charge in [0.25, 0.3) is 0 Å². The maximum Gasteiger partial charge on any atom is 0.472 e. The van der Waals surface area contributed by atoms with Crippen LogP contribution >= 0.6 is 7.82 Å². The first-order chi connectivity index (χ1) is 19.7. The molecule has 1 saturated heterocycles. The molecule has 236 valence electrons. The van der Waals surface area contributed by atoms with Gasteiger partial charge >= 0.3 is 7.82 Å². The quantitative estimate of drug-likeness (QED) is 0.247. The normalized spacial score (nSPS) is 23.6. The zero-order chi connectivity index (χ0) is 31.0. The molecule has 4 unspecified atom stereocenters. The second-order valence-corrected chi connectivity index (χ2v) is 16.3. The van der Waals surface area contributed by atoms with Crippen molar-refractivity contribution in [3.05, 3.63) is 70.8 Å². The lowest BCUT2D eigenvalue weighted by Crippen LogP contribution is -2.26. The molecular weight excluding hydrogens is 539 g/mol. The Morgan fingerprint density at radius 3 is 1.48 bits per heavy atom. The van der Waals surface area contributed by atoms with Crippen molar-refractivity contribution >= 4 is 7.82 Å². The standard InChI is InChI=1S/C37H59O4P/c1-9-11-17-30(32-19-13-15-21-34(32)36(3,4)5)24-28-23-29(27-41-42(38,39)40-26-28)25-31(18-12-10-2)33-20-14-16-22-35(33)37(6,7)8/h13-16,19-22,28-31H,9-12,17-18,23-27H2,1-8H3,(H,38,39). The van der Waals surface area contributed by atoms with Gasteiger partial charge in [-0.25, -0.2) is 4.57 Å². The molecule has 0 aliphatic carbocycles. The highest BCUT2D eigenvalue weighted by Gasteiger charge is 2.34. The van der Waals surface area contributed by atoms with Crippen molar-refractivity contribution in [2.45, 2.75) is 136 Å². The van der Waals surface area contributed by atoms with Crippen LogP contribution < -0.4 is 0 Å². The summed E-state index contributed by atoms with van der Waals surface area (Å²) < 4.78 is 24.0. The SMILES string of the molecule is CCCCC(CC1COP(=O)(O)OCC(CC(CCCC)c2ccccc2C(C)(C)C)C1)c1ccccc1C(C)(C)C. The van der Waals surface area contributed by atoms with Crippen LogP contribution in [0.4, 0.5) is 0 Å². The Kier molecular flexibility index (Phi) is 12.9. The summed E-state index contributed by atoms with van der Waals surface area (Å²) in [5, 5.41) is 0. The summed E-state index contributed by atoms with van der Waals surface area (Å²) >= 11 is 0. The zero-order valence-corrected chi connectivity index (χ0v) is 28.7. The van der Waals surface area contributed by atoms with Crippen LogP contribution in [-0.2, 0) is 24.4 Å². The molecule has 0 aromatic heterocycles. The molecule has 0 radical (unpaired) electrons. The van der Waals surface area contributed by atoms with Crippen LogP contribution in [0.1, 0.15) is 147 Å². The summed E-state index contributed by atoms with van der Waals surface area (Å²) in [5.41, 5.74) is 5.79. The molecule has 4 nitrogen and oxygen atoms in total. The Morgan fingerprint density at radius 1 is 0.738 bits per heavy atom. The fraction of sp³-hybridized carbons (Fsp3) is 0.676. The molecular formula is C37H59O4P. The van der Waals surface area contributed by atoms with Gasteiger partial charge in [0.1, 0.15) is 0 Å². The van der Waals surface area contributed by atoms with Crippen molar-refractivity contribution in [1.29, 1.82) is 0 Å². The predicted molar refractivity (Wildman–Crippen MR) is 177 cm³/mol. The van der Waals surface area contributed by atoms with E-state index in [0.29, 0.717) is 11.8 Å². The summed E-state index contributed by atoms with van der Waals surface area (Å²) in [6.45, 7) is 18.8. The Labute approximate surface area is 257 Å². The van der Waals surface area contributed by atoms with Crippen LogP contribution in [0.5, 0.6) is 0 Å². The molecule has 1 heterocycles. The molecule has 1 fully saturated rings. The monoisotopic (exact) mass is 598 g/mol. The third-order valence-corrected chi connectivity index (χ3v) is 10.0. The van der Waals surface area contributed by atoms with Crippen molar-refractivity contribution in [2.75, 3.05) is 13.2 Å². The van der Waals surface area contributed by atoms with E-state index in [1.165, 1.54) is 35.1 Å². The number of hydrogen-bond donors (Lipinski definition) is 1. The van der Waals surface area contributed by atoms with Crippen molar-refractivity contribution in [3.8, 4) is 0 Å². The third kappa shape index (κ3) is 10.3. The number of phosphoric ester groups is 1. The summed E-state index contributed by atoms with van der Waals surface area (Å²) in [4.78, 5) is 10.5. The third-order valence-electron chi connectivity index (χ3n) is 9.08. The number of hydrogen-bond acceptors (Lipinski definition) is 3. The Balaban J connectivity index is 1.93. The first-order valence-electron chi connectivity index (χ1n) is 16.6. The van der Waals surface area contributed by atoms with Gasteiger partial charge in [0.2, 0.25) is 0 Å². The van der Waals surface area contributed by atoms with Crippen LogP contribution in [0.2, 0.25) is 0 Å².